The third-order valence-corrected chi connectivity index (χ3v) is 17.1. The van der Waals surface area contributed by atoms with Crippen LogP contribution in [-0.4, -0.2) is 23.7 Å². The van der Waals surface area contributed by atoms with E-state index in [0.29, 0.717) is 11.6 Å². The van der Waals surface area contributed by atoms with Crippen LogP contribution in [0.25, 0.3) is 93.8 Å². The summed E-state index contributed by atoms with van der Waals surface area (Å²) in [4.78, 5) is 19.0. The number of fused-ring (bicyclic) bond motifs is 10. The first-order valence-electron chi connectivity index (χ1n) is 29.8. The summed E-state index contributed by atoms with van der Waals surface area (Å²) in [7, 11) is 0. The van der Waals surface area contributed by atoms with E-state index in [0.717, 1.165) is 133 Å². The average Bonchev–Trinajstić information content (AvgIpc) is 1.59. The Bertz CT molecular complexity index is 5330. The zero-order valence-corrected chi connectivity index (χ0v) is 47.8. The summed E-state index contributed by atoms with van der Waals surface area (Å²) in [6.07, 6.45) is 0. The van der Waals surface area contributed by atoms with Crippen LogP contribution >= 0.6 is 0 Å². The van der Waals surface area contributed by atoms with E-state index in [1.54, 1.807) is 0 Å². The molecule has 8 heteroatoms. The van der Waals surface area contributed by atoms with E-state index in [1.807, 2.05) is 0 Å². The van der Waals surface area contributed by atoms with Crippen molar-refractivity contribution in [2.24, 2.45) is 0 Å². The van der Waals surface area contributed by atoms with Gasteiger partial charge in [-0.2, -0.15) is 0 Å². The Labute approximate surface area is 508 Å². The number of anilines is 9. The van der Waals surface area contributed by atoms with Crippen LogP contribution in [0, 0.1) is 0 Å². The predicted octanol–water partition coefficient (Wildman–Crippen LogP) is 21.3. The molecule has 0 spiro atoms. The van der Waals surface area contributed by atoms with Gasteiger partial charge in [-0.3, -0.25) is 9.13 Å². The van der Waals surface area contributed by atoms with Crippen molar-refractivity contribution in [1.82, 2.24) is 23.7 Å². The van der Waals surface area contributed by atoms with Crippen LogP contribution in [0.4, 0.5) is 51.2 Å². The van der Waals surface area contributed by atoms with Crippen molar-refractivity contribution < 1.29 is 0 Å². The molecule has 0 aliphatic carbocycles. The van der Waals surface area contributed by atoms with Gasteiger partial charge in [-0.15, -0.1) is 0 Å². The van der Waals surface area contributed by atoms with Gasteiger partial charge in [0.15, 0.2) is 11.6 Å². The predicted molar refractivity (Wildman–Crippen MR) is 367 cm³/mol. The molecule has 0 atom stereocenters. The largest absolute Gasteiger partial charge is 0.310 e. The summed E-state index contributed by atoms with van der Waals surface area (Å²) >= 11 is 0. The Morgan fingerprint density at radius 3 is 0.841 bits per heavy atom. The zero-order chi connectivity index (χ0) is 58.1. The van der Waals surface area contributed by atoms with Crippen molar-refractivity contribution in [3.05, 3.63) is 328 Å². The van der Waals surface area contributed by atoms with Crippen LogP contribution in [0.2, 0.25) is 0 Å². The molecule has 88 heavy (non-hydrogen) atoms. The molecular formula is C80H54N8. The number of hydrogen-bond acceptors (Lipinski definition) is 5. The lowest BCUT2D eigenvalue weighted by atomic mass is 10.1. The Balaban J connectivity index is 0.935. The minimum Gasteiger partial charge on any atom is -0.310 e. The van der Waals surface area contributed by atoms with Crippen LogP contribution in [0.5, 0.6) is 0 Å². The van der Waals surface area contributed by atoms with E-state index in [9.17, 15) is 0 Å². The molecule has 4 heterocycles. The monoisotopic (exact) mass is 1130 g/mol. The number of para-hydroxylation sites is 10. The maximum absolute atomic E-state index is 6.09. The summed E-state index contributed by atoms with van der Waals surface area (Å²) in [5, 5.41) is 6.68. The Hall–Kier alpha value is -12.0. The molecule has 414 valence electrons. The first kappa shape index (κ1) is 50.5. The van der Waals surface area contributed by atoms with Gasteiger partial charge in [0.1, 0.15) is 5.52 Å². The summed E-state index contributed by atoms with van der Waals surface area (Å²) in [5.74, 6) is 1.41. The smallest absolute Gasteiger partial charge is 0.182 e. The van der Waals surface area contributed by atoms with E-state index in [-0.39, 0.29) is 0 Å². The van der Waals surface area contributed by atoms with Crippen LogP contribution in [-0.2, 0) is 0 Å². The van der Waals surface area contributed by atoms with Crippen molar-refractivity contribution >= 4 is 128 Å². The Kier molecular flexibility index (Phi) is 12.0. The number of rotatable bonds is 12. The van der Waals surface area contributed by atoms with Gasteiger partial charge in [0.05, 0.1) is 44.3 Å². The molecule has 0 aliphatic rings. The number of aromatic nitrogens is 5. The maximum atomic E-state index is 6.09. The minimum absolute atomic E-state index is 0.702. The third kappa shape index (κ3) is 8.30. The fraction of sp³-hybridized carbons (Fsp3) is 0. The molecular weight excluding hydrogens is 1070 g/mol. The zero-order valence-electron chi connectivity index (χ0n) is 47.8. The molecule has 4 aromatic heterocycles. The molecule has 0 N–H and O–H groups in total. The van der Waals surface area contributed by atoms with Crippen LogP contribution in [0.1, 0.15) is 0 Å². The molecule has 0 unspecified atom stereocenters. The van der Waals surface area contributed by atoms with E-state index in [4.69, 9.17) is 9.97 Å². The molecule has 0 amide bonds. The van der Waals surface area contributed by atoms with E-state index in [2.05, 4.69) is 356 Å². The highest BCUT2D eigenvalue weighted by atomic mass is 15.2. The maximum Gasteiger partial charge on any atom is 0.182 e. The first-order chi connectivity index (χ1) is 43.7. The van der Waals surface area contributed by atoms with Gasteiger partial charge in [-0.05, 0) is 158 Å². The van der Waals surface area contributed by atoms with Gasteiger partial charge in [-0.25, -0.2) is 9.97 Å². The summed E-state index contributed by atoms with van der Waals surface area (Å²) in [6.45, 7) is 0. The normalized spacial score (nSPS) is 11.6. The van der Waals surface area contributed by atoms with Gasteiger partial charge >= 0.3 is 0 Å². The lowest BCUT2D eigenvalue weighted by molar-refractivity contribution is 0.992. The quantitative estimate of drug-likeness (QED) is 0.122. The molecule has 0 aliphatic heterocycles. The topological polar surface area (TPSA) is 50.3 Å². The van der Waals surface area contributed by atoms with Crippen LogP contribution in [0.3, 0.4) is 0 Å². The molecule has 17 rings (SSSR count). The molecule has 17 aromatic rings. The van der Waals surface area contributed by atoms with Gasteiger partial charge in [0.2, 0.25) is 0 Å². The summed E-state index contributed by atoms with van der Waals surface area (Å²) in [6, 6.07) is 117. The van der Waals surface area contributed by atoms with Crippen molar-refractivity contribution in [3.8, 4) is 17.3 Å². The summed E-state index contributed by atoms with van der Waals surface area (Å²) < 4.78 is 7.08. The highest BCUT2D eigenvalue weighted by molar-refractivity contribution is 6.14. The summed E-state index contributed by atoms with van der Waals surface area (Å²) in [5.41, 5.74) is 18.3. The Morgan fingerprint density at radius 1 is 0.205 bits per heavy atom. The second-order valence-corrected chi connectivity index (χ2v) is 22.2. The number of benzene rings is 13. The molecule has 13 aromatic carbocycles. The van der Waals surface area contributed by atoms with Crippen LogP contribution in [0.15, 0.2) is 328 Å². The van der Waals surface area contributed by atoms with Gasteiger partial charge in [0, 0.05) is 83.5 Å². The van der Waals surface area contributed by atoms with Crippen molar-refractivity contribution in [2.75, 3.05) is 14.7 Å². The second kappa shape index (κ2) is 21.0. The van der Waals surface area contributed by atoms with E-state index in [1.165, 1.54) is 0 Å². The van der Waals surface area contributed by atoms with Gasteiger partial charge in [-0.1, -0.05) is 170 Å². The lowest BCUT2D eigenvalue weighted by Gasteiger charge is -2.25. The number of hydrogen-bond donors (Lipinski definition) is 0. The SMILES string of the molecule is c1ccc(N(c2ccccc2)c2ccc3c(c2)c2ccccc2n3-c2nc3cccc(-n4c5ccccc5c5cc(N(c6ccccc6)c6ccccc6)ccc54)c3nc2-n2c3ccccc3c3cc(N(c4ccccc4)c4ccccc4)ccc32)cc1. The first-order valence-corrected chi connectivity index (χ1v) is 29.8. The third-order valence-electron chi connectivity index (χ3n) is 17.1. The second-order valence-electron chi connectivity index (χ2n) is 22.2. The fourth-order valence-electron chi connectivity index (χ4n) is 13.3. The molecule has 0 saturated carbocycles. The Morgan fingerprint density at radius 2 is 0.489 bits per heavy atom. The van der Waals surface area contributed by atoms with Gasteiger partial charge in [0.25, 0.3) is 0 Å². The highest BCUT2D eigenvalue weighted by Gasteiger charge is 2.27. The number of nitrogens with zero attached hydrogens (tertiary/aromatic N) is 8. The van der Waals surface area contributed by atoms with E-state index < -0.39 is 0 Å². The van der Waals surface area contributed by atoms with Crippen molar-refractivity contribution in [2.45, 2.75) is 0 Å². The average molecular weight is 1130 g/mol. The standard InChI is InChI=1S/C80H54N8/c1-7-26-55(27-8-1)83(56-28-9-2-10-29-56)61-46-49-74-67(52-61)64-38-19-22-42-71(64)86(74)77-45-25-41-70-78(77)82-80(88-73-44-24-21-40-66(73)69-54-63(48-51-76(69)88)85(59-34-15-5-16-35-59)60-36-17-6-18-37-60)79(81-70)87-72-43-23-20-39-65(72)68-53-62(47-50-75(68)87)84(57-30-11-3-12-31-57)58-32-13-4-14-33-58/h1-54H. The van der Waals surface area contributed by atoms with Crippen molar-refractivity contribution in [1.29, 1.82) is 0 Å². The molecule has 0 saturated heterocycles. The van der Waals surface area contributed by atoms with Gasteiger partial charge < -0.3 is 19.3 Å². The lowest BCUT2D eigenvalue weighted by Crippen LogP contribution is -2.11. The van der Waals surface area contributed by atoms with Crippen molar-refractivity contribution in [3.63, 3.8) is 0 Å². The minimum atomic E-state index is 0.702. The highest BCUT2D eigenvalue weighted by Crippen LogP contribution is 2.46. The molecule has 8 nitrogen and oxygen atoms in total. The van der Waals surface area contributed by atoms with Crippen LogP contribution < -0.4 is 14.7 Å². The van der Waals surface area contributed by atoms with E-state index >= 15 is 0 Å². The fourth-order valence-corrected chi connectivity index (χ4v) is 13.3. The molecule has 0 radical (unpaired) electrons. The molecule has 0 fully saturated rings. The molecule has 0 bridgehead atoms.